The molecule has 0 unspecified atom stereocenters. The summed E-state index contributed by atoms with van der Waals surface area (Å²) >= 11 is 0. The van der Waals surface area contributed by atoms with Gasteiger partial charge in [0.05, 0.1) is 0 Å². The smallest absolute Gasteiger partial charge is 0.122 e. The maximum Gasteiger partial charge on any atom is 0.122 e. The van der Waals surface area contributed by atoms with Crippen molar-refractivity contribution in [2.75, 3.05) is 27.2 Å². The largest absolute Gasteiger partial charge is 0.492 e. The van der Waals surface area contributed by atoms with Gasteiger partial charge in [-0.2, -0.15) is 0 Å². The fraction of sp³-hybridized carbons (Fsp3) is 0.600. The molecule has 0 aliphatic rings. The molecule has 1 rings (SSSR count). The maximum absolute atomic E-state index is 5.84. The molecule has 0 N–H and O–H groups in total. The van der Waals surface area contributed by atoms with E-state index in [1.165, 1.54) is 12.0 Å². The first-order valence-corrected chi connectivity index (χ1v) is 6.45. The third kappa shape index (κ3) is 5.73. The van der Waals surface area contributed by atoms with Crippen LogP contribution in [0.4, 0.5) is 0 Å². The number of nitrogens with zero attached hydrogens (tertiary/aromatic N) is 1. The number of para-hydroxylation sites is 1. The summed E-state index contributed by atoms with van der Waals surface area (Å²) in [5, 5.41) is 0. The molecule has 0 saturated carbocycles. The van der Waals surface area contributed by atoms with E-state index in [4.69, 9.17) is 4.74 Å². The summed E-state index contributed by atoms with van der Waals surface area (Å²) < 4.78 is 5.84. The van der Waals surface area contributed by atoms with Crippen LogP contribution in [-0.4, -0.2) is 32.1 Å². The van der Waals surface area contributed by atoms with E-state index in [1.807, 2.05) is 6.07 Å². The van der Waals surface area contributed by atoms with E-state index in [2.05, 4.69) is 51.0 Å². The molecule has 0 radical (unpaired) electrons. The summed E-state index contributed by atoms with van der Waals surface area (Å²) in [5.41, 5.74) is 1.33. The first-order valence-electron chi connectivity index (χ1n) is 6.45. The quantitative estimate of drug-likeness (QED) is 0.719. The molecule has 17 heavy (non-hydrogen) atoms. The van der Waals surface area contributed by atoms with Crippen LogP contribution in [0.25, 0.3) is 0 Å². The highest BCUT2D eigenvalue weighted by molar-refractivity contribution is 5.33. The third-order valence-corrected chi connectivity index (χ3v) is 2.76. The van der Waals surface area contributed by atoms with Gasteiger partial charge in [-0.3, -0.25) is 0 Å². The van der Waals surface area contributed by atoms with E-state index >= 15 is 0 Å². The van der Waals surface area contributed by atoms with Crippen molar-refractivity contribution in [2.24, 2.45) is 5.92 Å². The second-order valence-corrected chi connectivity index (χ2v) is 5.19. The van der Waals surface area contributed by atoms with Crippen molar-refractivity contribution in [3.63, 3.8) is 0 Å². The highest BCUT2D eigenvalue weighted by atomic mass is 16.5. The average Bonchev–Trinajstić information content (AvgIpc) is 2.27. The number of ether oxygens (including phenoxy) is 1. The zero-order chi connectivity index (χ0) is 12.7. The van der Waals surface area contributed by atoms with Crippen molar-refractivity contribution in [1.29, 1.82) is 0 Å². The van der Waals surface area contributed by atoms with Crippen molar-refractivity contribution in [2.45, 2.75) is 26.7 Å². The molecule has 0 amide bonds. The molecule has 2 heteroatoms. The van der Waals surface area contributed by atoms with Gasteiger partial charge in [0.25, 0.3) is 0 Å². The normalized spacial score (nSPS) is 11.2. The number of rotatable bonds is 7. The number of hydrogen-bond donors (Lipinski definition) is 0. The lowest BCUT2D eigenvalue weighted by Gasteiger charge is -2.14. The summed E-state index contributed by atoms with van der Waals surface area (Å²) in [6, 6.07) is 8.39. The Hall–Kier alpha value is -1.02. The second-order valence-electron chi connectivity index (χ2n) is 5.19. The summed E-state index contributed by atoms with van der Waals surface area (Å²) in [7, 11) is 4.13. The minimum atomic E-state index is 0.741. The van der Waals surface area contributed by atoms with Crippen LogP contribution in [0.2, 0.25) is 0 Å². The second kappa shape index (κ2) is 7.33. The molecule has 0 spiro atoms. The lowest BCUT2D eigenvalue weighted by molar-refractivity contribution is 0.259. The zero-order valence-electron chi connectivity index (χ0n) is 11.6. The molecule has 0 heterocycles. The monoisotopic (exact) mass is 235 g/mol. The van der Waals surface area contributed by atoms with Gasteiger partial charge in [0.1, 0.15) is 12.4 Å². The Balaban J connectivity index is 2.51. The topological polar surface area (TPSA) is 12.5 Å². The van der Waals surface area contributed by atoms with Gasteiger partial charge in [-0.25, -0.2) is 0 Å². The molecule has 1 aromatic carbocycles. The number of hydrogen-bond acceptors (Lipinski definition) is 2. The first kappa shape index (κ1) is 14.0. The van der Waals surface area contributed by atoms with Crippen LogP contribution in [0, 0.1) is 5.92 Å². The van der Waals surface area contributed by atoms with Crippen LogP contribution in [0.5, 0.6) is 5.75 Å². The van der Waals surface area contributed by atoms with Crippen LogP contribution in [0.15, 0.2) is 24.3 Å². The fourth-order valence-corrected chi connectivity index (χ4v) is 1.63. The molecular formula is C15H25NO. The van der Waals surface area contributed by atoms with E-state index in [0.717, 1.165) is 31.2 Å². The number of aryl methyl sites for hydroxylation is 1. The van der Waals surface area contributed by atoms with E-state index in [-0.39, 0.29) is 0 Å². The van der Waals surface area contributed by atoms with Gasteiger partial charge in [0.2, 0.25) is 0 Å². The van der Waals surface area contributed by atoms with Crippen LogP contribution in [0.1, 0.15) is 25.8 Å². The molecule has 0 aliphatic carbocycles. The van der Waals surface area contributed by atoms with E-state index in [1.54, 1.807) is 0 Å². The Labute approximate surface area is 106 Å². The summed E-state index contributed by atoms with van der Waals surface area (Å²) in [6.07, 6.45) is 2.32. The molecule has 0 bridgehead atoms. The van der Waals surface area contributed by atoms with Gasteiger partial charge in [-0.15, -0.1) is 0 Å². The maximum atomic E-state index is 5.84. The Kier molecular flexibility index (Phi) is 6.06. The number of benzene rings is 1. The van der Waals surface area contributed by atoms with E-state index in [0.29, 0.717) is 0 Å². The highest BCUT2D eigenvalue weighted by Crippen LogP contribution is 2.21. The van der Waals surface area contributed by atoms with Gasteiger partial charge in [-0.1, -0.05) is 32.0 Å². The molecule has 0 saturated heterocycles. The van der Waals surface area contributed by atoms with Gasteiger partial charge in [0, 0.05) is 6.54 Å². The molecule has 1 aromatic rings. The number of likely N-dealkylation sites (N-methyl/N-ethyl adjacent to an activating group) is 1. The van der Waals surface area contributed by atoms with Gasteiger partial charge in [0.15, 0.2) is 0 Å². The van der Waals surface area contributed by atoms with Crippen LogP contribution in [0.3, 0.4) is 0 Å². The molecule has 0 aromatic heterocycles. The fourth-order valence-electron chi connectivity index (χ4n) is 1.63. The molecular weight excluding hydrogens is 210 g/mol. The molecule has 0 atom stereocenters. The van der Waals surface area contributed by atoms with E-state index < -0.39 is 0 Å². The summed E-state index contributed by atoms with van der Waals surface area (Å²) in [6.45, 7) is 6.23. The first-order chi connectivity index (χ1) is 8.09. The zero-order valence-corrected chi connectivity index (χ0v) is 11.6. The van der Waals surface area contributed by atoms with Crippen molar-refractivity contribution in [3.05, 3.63) is 29.8 Å². The Morgan fingerprint density at radius 1 is 1.18 bits per heavy atom. The van der Waals surface area contributed by atoms with Crippen molar-refractivity contribution in [1.82, 2.24) is 4.90 Å². The van der Waals surface area contributed by atoms with Crippen LogP contribution < -0.4 is 4.74 Å². The summed E-state index contributed by atoms with van der Waals surface area (Å²) in [4.78, 5) is 2.14. The minimum absolute atomic E-state index is 0.741. The predicted molar refractivity (Wildman–Crippen MR) is 73.7 cm³/mol. The third-order valence-electron chi connectivity index (χ3n) is 2.76. The molecule has 96 valence electrons. The molecule has 2 nitrogen and oxygen atoms in total. The van der Waals surface area contributed by atoms with Crippen LogP contribution in [-0.2, 0) is 6.42 Å². The molecule has 0 aliphatic heterocycles. The van der Waals surface area contributed by atoms with Gasteiger partial charge < -0.3 is 9.64 Å². The SMILES string of the molecule is CC(C)CCc1ccccc1OCCN(C)C. The summed E-state index contributed by atoms with van der Waals surface area (Å²) in [5.74, 6) is 1.79. The lowest BCUT2D eigenvalue weighted by atomic mass is 10.0. The van der Waals surface area contributed by atoms with Gasteiger partial charge >= 0.3 is 0 Å². The minimum Gasteiger partial charge on any atom is -0.492 e. The Bertz CT molecular complexity index is 320. The highest BCUT2D eigenvalue weighted by Gasteiger charge is 2.04. The van der Waals surface area contributed by atoms with E-state index in [9.17, 15) is 0 Å². The molecule has 0 fully saturated rings. The van der Waals surface area contributed by atoms with Crippen LogP contribution >= 0.6 is 0 Å². The Morgan fingerprint density at radius 3 is 2.53 bits per heavy atom. The Morgan fingerprint density at radius 2 is 1.88 bits per heavy atom. The van der Waals surface area contributed by atoms with Gasteiger partial charge in [-0.05, 0) is 44.5 Å². The van der Waals surface area contributed by atoms with Crippen molar-refractivity contribution < 1.29 is 4.74 Å². The average molecular weight is 235 g/mol. The lowest BCUT2D eigenvalue weighted by Crippen LogP contribution is -2.19. The van der Waals surface area contributed by atoms with Crippen molar-refractivity contribution >= 4 is 0 Å². The van der Waals surface area contributed by atoms with Crippen molar-refractivity contribution in [3.8, 4) is 5.75 Å². The predicted octanol–water partition coefficient (Wildman–Crippen LogP) is 3.22. The standard InChI is InChI=1S/C15H25NO/c1-13(2)9-10-14-7-5-6-8-15(14)17-12-11-16(3)4/h5-8,13H,9-12H2,1-4H3.